The van der Waals surface area contributed by atoms with Crippen molar-refractivity contribution < 1.29 is 19.5 Å². The normalized spacial score (nSPS) is 18.8. The number of benzene rings is 1. The van der Waals surface area contributed by atoms with Gasteiger partial charge in [-0.3, -0.25) is 14.5 Å². The molecule has 100 valence electrons. The van der Waals surface area contributed by atoms with E-state index in [0.29, 0.717) is 15.6 Å². The van der Waals surface area contributed by atoms with Crippen LogP contribution in [0.2, 0.25) is 5.02 Å². The van der Waals surface area contributed by atoms with Crippen LogP contribution in [0.25, 0.3) is 0 Å². The number of carbonyl (C=O) groups is 3. The first-order valence-electron chi connectivity index (χ1n) is 5.21. The second kappa shape index (κ2) is 5.50. The van der Waals surface area contributed by atoms with Gasteiger partial charge in [0.05, 0.1) is 12.5 Å². The van der Waals surface area contributed by atoms with Crippen molar-refractivity contribution >= 4 is 46.2 Å². The second-order valence-electron chi connectivity index (χ2n) is 3.71. The van der Waals surface area contributed by atoms with Crippen molar-refractivity contribution in [2.24, 2.45) is 0 Å². The van der Waals surface area contributed by atoms with Gasteiger partial charge in [-0.15, -0.1) is 0 Å². The third-order valence-electron chi connectivity index (χ3n) is 2.36. The molecule has 8 heteroatoms. The van der Waals surface area contributed by atoms with Gasteiger partial charge in [0.25, 0.3) is 11.1 Å². The first kappa shape index (κ1) is 13.7. The minimum Gasteiger partial charge on any atom is -0.548 e. The number of hydrogen-bond acceptors (Lipinski definition) is 6. The number of rotatable bonds is 4. The van der Waals surface area contributed by atoms with Crippen LogP contribution in [0.15, 0.2) is 24.3 Å². The molecule has 1 aliphatic heterocycles. The summed E-state index contributed by atoms with van der Waals surface area (Å²) in [6.07, 6.45) is 0. The van der Waals surface area contributed by atoms with Crippen molar-refractivity contribution in [3.63, 3.8) is 0 Å². The van der Waals surface area contributed by atoms with Crippen molar-refractivity contribution in [1.29, 1.82) is 0 Å². The summed E-state index contributed by atoms with van der Waals surface area (Å²) in [5.41, 5.74) is 0.610. The summed E-state index contributed by atoms with van der Waals surface area (Å²) in [5, 5.41) is 12.4. The Balaban J connectivity index is 2.06. The van der Waals surface area contributed by atoms with E-state index in [0.717, 1.165) is 11.8 Å². The van der Waals surface area contributed by atoms with Gasteiger partial charge in [0.1, 0.15) is 0 Å². The fourth-order valence-electron chi connectivity index (χ4n) is 1.51. The van der Waals surface area contributed by atoms with E-state index in [1.165, 1.54) is 0 Å². The lowest BCUT2D eigenvalue weighted by molar-refractivity contribution is -0.305. The molecule has 2 amide bonds. The molecule has 1 aromatic carbocycles. The maximum Gasteiger partial charge on any atom is 0.291 e. The quantitative estimate of drug-likeness (QED) is 0.872. The zero-order valence-electron chi connectivity index (χ0n) is 9.46. The van der Waals surface area contributed by atoms with E-state index in [9.17, 15) is 19.5 Å². The van der Waals surface area contributed by atoms with Gasteiger partial charge in [0.15, 0.2) is 5.37 Å². The summed E-state index contributed by atoms with van der Waals surface area (Å²) in [6, 6.07) is 6.58. The summed E-state index contributed by atoms with van der Waals surface area (Å²) in [7, 11) is 0. The summed E-state index contributed by atoms with van der Waals surface area (Å²) in [4.78, 5) is 34.4. The number of halogens is 1. The molecule has 2 rings (SSSR count). The zero-order chi connectivity index (χ0) is 14.0. The molecule has 0 radical (unpaired) electrons. The van der Waals surface area contributed by atoms with Gasteiger partial charge >= 0.3 is 0 Å². The van der Waals surface area contributed by atoms with Crippen LogP contribution in [0.1, 0.15) is 0 Å². The highest BCUT2D eigenvalue weighted by atomic mass is 35.5. The van der Waals surface area contributed by atoms with E-state index < -0.39 is 29.0 Å². The van der Waals surface area contributed by atoms with Gasteiger partial charge < -0.3 is 15.2 Å². The summed E-state index contributed by atoms with van der Waals surface area (Å²) in [6.45, 7) is -0.733. The molecule has 6 nitrogen and oxygen atoms in total. The number of nitrogens with one attached hydrogen (secondary N) is 1. The molecule has 1 aromatic rings. The molecule has 1 aliphatic rings. The zero-order valence-corrected chi connectivity index (χ0v) is 11.0. The monoisotopic (exact) mass is 299 g/mol. The molecule has 0 unspecified atom stereocenters. The Kier molecular flexibility index (Phi) is 3.96. The van der Waals surface area contributed by atoms with E-state index in [4.69, 9.17) is 11.6 Å². The highest BCUT2D eigenvalue weighted by Gasteiger charge is 2.39. The van der Waals surface area contributed by atoms with Crippen LogP contribution in [0.5, 0.6) is 0 Å². The molecule has 1 atom stereocenters. The largest absolute Gasteiger partial charge is 0.548 e. The van der Waals surface area contributed by atoms with E-state index in [-0.39, 0.29) is 0 Å². The predicted octanol–water partition coefficient (Wildman–Crippen LogP) is 0.523. The van der Waals surface area contributed by atoms with Crippen LogP contribution in [0.4, 0.5) is 10.5 Å². The van der Waals surface area contributed by atoms with Crippen LogP contribution in [-0.4, -0.2) is 33.9 Å². The number of nitrogens with zero attached hydrogens (tertiary/aromatic N) is 1. The highest BCUT2D eigenvalue weighted by Crippen LogP contribution is 2.28. The van der Waals surface area contributed by atoms with Crippen molar-refractivity contribution in [2.75, 3.05) is 11.9 Å². The molecule has 0 aliphatic carbocycles. The predicted molar refractivity (Wildman–Crippen MR) is 68.6 cm³/mol. The molecule has 1 N–H and O–H groups in total. The number of thioether (sulfide) groups is 1. The molecule has 0 saturated carbocycles. The van der Waals surface area contributed by atoms with Crippen LogP contribution in [-0.2, 0) is 9.59 Å². The molecular formula is C11H8ClN2O4S-. The Morgan fingerprint density at radius 3 is 2.58 bits per heavy atom. The van der Waals surface area contributed by atoms with Crippen LogP contribution >= 0.6 is 23.4 Å². The third-order valence-corrected chi connectivity index (χ3v) is 3.59. The van der Waals surface area contributed by atoms with Crippen molar-refractivity contribution in [1.82, 2.24) is 4.90 Å². The molecule has 0 aromatic heterocycles. The summed E-state index contributed by atoms with van der Waals surface area (Å²) < 4.78 is 0. The average molecular weight is 300 g/mol. The Morgan fingerprint density at radius 1 is 1.37 bits per heavy atom. The Morgan fingerprint density at radius 2 is 2.00 bits per heavy atom. The van der Waals surface area contributed by atoms with E-state index in [1.807, 2.05) is 0 Å². The second-order valence-corrected chi connectivity index (χ2v) is 5.20. The van der Waals surface area contributed by atoms with Crippen LogP contribution < -0.4 is 10.4 Å². The van der Waals surface area contributed by atoms with E-state index >= 15 is 0 Å². The fraction of sp³-hybridized carbons (Fsp3) is 0.182. The maximum atomic E-state index is 11.8. The minimum atomic E-state index is -1.48. The molecule has 0 spiro atoms. The number of carboxylic acid groups (broad SMARTS) is 1. The van der Waals surface area contributed by atoms with Crippen molar-refractivity contribution in [2.45, 2.75) is 5.37 Å². The lowest BCUT2D eigenvalue weighted by Gasteiger charge is -2.15. The molecule has 1 saturated heterocycles. The average Bonchev–Trinajstić information content (AvgIpc) is 2.60. The first-order valence-corrected chi connectivity index (χ1v) is 6.47. The first-order chi connectivity index (χ1) is 8.97. The molecule has 1 heterocycles. The van der Waals surface area contributed by atoms with Crippen molar-refractivity contribution in [3.05, 3.63) is 29.3 Å². The maximum absolute atomic E-state index is 11.8. The Labute approximate surface area is 117 Å². The number of amides is 2. The molecule has 1 fully saturated rings. The van der Waals surface area contributed by atoms with E-state index in [2.05, 4.69) is 5.32 Å². The lowest BCUT2D eigenvalue weighted by atomic mass is 10.3. The fourth-order valence-corrected chi connectivity index (χ4v) is 2.54. The van der Waals surface area contributed by atoms with Crippen LogP contribution in [0, 0.1) is 0 Å². The SMILES string of the molecule is O=C([O-])CN1C(=O)S[C@H](Nc2ccc(Cl)cc2)C1=O. The number of anilines is 1. The van der Waals surface area contributed by atoms with Crippen LogP contribution in [0.3, 0.4) is 0 Å². The Hall–Kier alpha value is -1.73. The molecule has 0 bridgehead atoms. The van der Waals surface area contributed by atoms with Gasteiger partial charge in [0, 0.05) is 10.7 Å². The third kappa shape index (κ3) is 3.18. The number of imide groups is 1. The lowest BCUT2D eigenvalue weighted by Crippen LogP contribution is -2.42. The highest BCUT2D eigenvalue weighted by molar-refractivity contribution is 8.15. The smallest absolute Gasteiger partial charge is 0.291 e. The number of aliphatic carboxylic acids is 1. The van der Waals surface area contributed by atoms with Gasteiger partial charge in [-0.1, -0.05) is 11.6 Å². The standard InChI is InChI=1S/C11H9ClN2O4S/c12-6-1-3-7(4-2-6)13-9-10(17)14(5-8(15)16)11(18)19-9/h1-4,9,13H,5H2,(H,15,16)/p-1/t9-/m0/s1. The van der Waals surface area contributed by atoms with Crippen molar-refractivity contribution in [3.8, 4) is 0 Å². The van der Waals surface area contributed by atoms with Gasteiger partial charge in [0.2, 0.25) is 0 Å². The van der Waals surface area contributed by atoms with Gasteiger partial charge in [-0.25, -0.2) is 0 Å². The Bertz CT molecular complexity index is 534. The van der Waals surface area contributed by atoms with E-state index in [1.54, 1.807) is 24.3 Å². The van der Waals surface area contributed by atoms with Gasteiger partial charge in [-0.2, -0.15) is 0 Å². The number of carbonyl (C=O) groups excluding carboxylic acids is 3. The molecule has 19 heavy (non-hydrogen) atoms. The number of hydrogen-bond donors (Lipinski definition) is 1. The summed E-state index contributed by atoms with van der Waals surface area (Å²) >= 11 is 6.45. The summed E-state index contributed by atoms with van der Waals surface area (Å²) in [5.74, 6) is -2.08. The number of carboxylic acids is 1. The minimum absolute atomic E-state index is 0.547. The topological polar surface area (TPSA) is 89.5 Å². The van der Waals surface area contributed by atoms with Gasteiger partial charge in [-0.05, 0) is 36.0 Å². The molecular weight excluding hydrogens is 292 g/mol.